The van der Waals surface area contributed by atoms with Gasteiger partial charge in [0.1, 0.15) is 5.75 Å². The first-order valence-electron chi connectivity index (χ1n) is 6.98. The minimum Gasteiger partial charge on any atom is -0.494 e. The van der Waals surface area contributed by atoms with Crippen molar-refractivity contribution in [1.29, 1.82) is 0 Å². The van der Waals surface area contributed by atoms with E-state index in [4.69, 9.17) is 9.57 Å². The molecule has 0 fully saturated rings. The van der Waals surface area contributed by atoms with Crippen LogP contribution in [0.4, 0.5) is 0 Å². The zero-order valence-corrected chi connectivity index (χ0v) is 12.0. The number of nitrogens with one attached hydrogen (secondary N) is 1. The third kappa shape index (κ3) is 5.28. The SMILES string of the molecule is O=C(CCCOc1ccccc1)ONC(=O)c1ccccc1. The van der Waals surface area contributed by atoms with Gasteiger partial charge in [0.25, 0.3) is 5.91 Å². The Morgan fingerprint density at radius 1 is 0.909 bits per heavy atom. The van der Waals surface area contributed by atoms with Crippen LogP contribution in [-0.4, -0.2) is 18.5 Å². The number of carbonyl (C=O) groups excluding carboxylic acids is 2. The number of benzene rings is 2. The molecular formula is C17H17NO4. The summed E-state index contributed by atoms with van der Waals surface area (Å²) >= 11 is 0. The fourth-order valence-electron chi connectivity index (χ4n) is 1.73. The summed E-state index contributed by atoms with van der Waals surface area (Å²) in [5.74, 6) is -0.191. The molecule has 0 aromatic heterocycles. The predicted octanol–water partition coefficient (Wildman–Crippen LogP) is 2.73. The van der Waals surface area contributed by atoms with Crippen molar-refractivity contribution in [2.45, 2.75) is 12.8 Å². The number of rotatable bonds is 6. The molecule has 0 bridgehead atoms. The second kappa shape index (κ2) is 8.46. The quantitative estimate of drug-likeness (QED) is 0.658. The Kier molecular flexibility index (Phi) is 5.99. The van der Waals surface area contributed by atoms with Crippen LogP contribution >= 0.6 is 0 Å². The molecule has 2 rings (SSSR count). The molecule has 0 aliphatic rings. The highest BCUT2D eigenvalue weighted by Gasteiger charge is 2.08. The van der Waals surface area contributed by atoms with Crippen molar-refractivity contribution in [3.63, 3.8) is 0 Å². The largest absolute Gasteiger partial charge is 0.494 e. The summed E-state index contributed by atoms with van der Waals surface area (Å²) in [5.41, 5.74) is 2.56. The molecular weight excluding hydrogens is 282 g/mol. The number of hydroxylamine groups is 1. The molecule has 5 nitrogen and oxygen atoms in total. The third-order valence-electron chi connectivity index (χ3n) is 2.83. The standard InChI is InChI=1S/C17H17NO4/c19-16(12-7-13-21-15-10-5-2-6-11-15)22-18-17(20)14-8-3-1-4-9-14/h1-6,8-11H,7,12-13H2,(H,18,20). The summed E-state index contributed by atoms with van der Waals surface area (Å²) < 4.78 is 5.46. The molecule has 0 unspecified atom stereocenters. The van der Waals surface area contributed by atoms with E-state index in [2.05, 4.69) is 5.48 Å². The van der Waals surface area contributed by atoms with Gasteiger partial charge in [0.2, 0.25) is 0 Å². The molecule has 1 N–H and O–H groups in total. The van der Waals surface area contributed by atoms with Gasteiger partial charge in [0.15, 0.2) is 0 Å². The molecule has 0 heterocycles. The van der Waals surface area contributed by atoms with E-state index in [1.807, 2.05) is 30.3 Å². The number of amides is 1. The Hall–Kier alpha value is -2.82. The van der Waals surface area contributed by atoms with E-state index in [1.165, 1.54) is 0 Å². The van der Waals surface area contributed by atoms with Crippen molar-refractivity contribution in [2.75, 3.05) is 6.61 Å². The van der Waals surface area contributed by atoms with Crippen molar-refractivity contribution >= 4 is 11.9 Å². The molecule has 0 aliphatic carbocycles. The van der Waals surface area contributed by atoms with Crippen LogP contribution in [0.5, 0.6) is 5.75 Å². The van der Waals surface area contributed by atoms with E-state index < -0.39 is 11.9 Å². The van der Waals surface area contributed by atoms with Gasteiger partial charge in [0, 0.05) is 5.56 Å². The lowest BCUT2D eigenvalue weighted by molar-refractivity contribution is -0.149. The van der Waals surface area contributed by atoms with Crippen molar-refractivity contribution < 1.29 is 19.2 Å². The Bertz CT molecular complexity index is 599. The van der Waals surface area contributed by atoms with Crippen LogP contribution in [0.25, 0.3) is 0 Å². The summed E-state index contributed by atoms with van der Waals surface area (Å²) in [5, 5.41) is 0. The van der Waals surface area contributed by atoms with Crippen molar-refractivity contribution in [3.05, 3.63) is 66.2 Å². The molecule has 0 atom stereocenters. The lowest BCUT2D eigenvalue weighted by Crippen LogP contribution is -2.27. The van der Waals surface area contributed by atoms with Gasteiger partial charge in [0.05, 0.1) is 13.0 Å². The van der Waals surface area contributed by atoms with Crippen LogP contribution in [0.15, 0.2) is 60.7 Å². The zero-order chi connectivity index (χ0) is 15.6. The summed E-state index contributed by atoms with van der Waals surface area (Å²) in [6.07, 6.45) is 0.677. The smallest absolute Gasteiger partial charge is 0.332 e. The second-order valence-electron chi connectivity index (χ2n) is 4.54. The Balaban J connectivity index is 1.61. The lowest BCUT2D eigenvalue weighted by Gasteiger charge is -2.07. The van der Waals surface area contributed by atoms with E-state index in [1.54, 1.807) is 30.3 Å². The maximum atomic E-state index is 11.7. The van der Waals surface area contributed by atoms with E-state index in [-0.39, 0.29) is 6.42 Å². The summed E-state index contributed by atoms with van der Waals surface area (Å²) in [7, 11) is 0. The van der Waals surface area contributed by atoms with Crippen LogP contribution in [0.2, 0.25) is 0 Å². The van der Waals surface area contributed by atoms with Crippen molar-refractivity contribution in [2.24, 2.45) is 0 Å². The molecule has 0 spiro atoms. The summed E-state index contributed by atoms with van der Waals surface area (Å²) in [6, 6.07) is 17.9. The van der Waals surface area contributed by atoms with Gasteiger partial charge in [-0.25, -0.2) is 4.79 Å². The first-order chi connectivity index (χ1) is 10.8. The average molecular weight is 299 g/mol. The van der Waals surface area contributed by atoms with Gasteiger partial charge >= 0.3 is 5.97 Å². The molecule has 0 saturated heterocycles. The summed E-state index contributed by atoms with van der Waals surface area (Å²) in [4.78, 5) is 27.9. The minimum atomic E-state index is -0.499. The highest BCUT2D eigenvalue weighted by atomic mass is 16.7. The van der Waals surface area contributed by atoms with Crippen LogP contribution in [0, 0.1) is 0 Å². The fraction of sp³-hybridized carbons (Fsp3) is 0.176. The van der Waals surface area contributed by atoms with Gasteiger partial charge in [-0.2, -0.15) is 5.48 Å². The van der Waals surface area contributed by atoms with Crippen LogP contribution in [0.3, 0.4) is 0 Å². The molecule has 2 aromatic rings. The van der Waals surface area contributed by atoms with Gasteiger partial charge in [-0.3, -0.25) is 4.79 Å². The first kappa shape index (κ1) is 15.6. The maximum Gasteiger partial charge on any atom is 0.332 e. The number of carbonyl (C=O) groups is 2. The molecule has 0 radical (unpaired) electrons. The van der Waals surface area contributed by atoms with Crippen LogP contribution < -0.4 is 10.2 Å². The normalized spacial score (nSPS) is 9.82. The molecule has 0 saturated carbocycles. The number of hydrogen-bond donors (Lipinski definition) is 1. The first-order valence-corrected chi connectivity index (χ1v) is 6.98. The fourth-order valence-corrected chi connectivity index (χ4v) is 1.73. The predicted molar refractivity (Wildman–Crippen MR) is 81.2 cm³/mol. The number of ether oxygens (including phenoxy) is 1. The van der Waals surface area contributed by atoms with Gasteiger partial charge < -0.3 is 9.57 Å². The molecule has 0 aliphatic heterocycles. The van der Waals surface area contributed by atoms with Crippen LogP contribution in [-0.2, 0) is 9.63 Å². The van der Waals surface area contributed by atoms with E-state index in [0.29, 0.717) is 18.6 Å². The zero-order valence-electron chi connectivity index (χ0n) is 12.0. The van der Waals surface area contributed by atoms with E-state index in [0.717, 1.165) is 5.75 Å². The van der Waals surface area contributed by atoms with Crippen molar-refractivity contribution in [3.8, 4) is 5.75 Å². The molecule has 1 amide bonds. The Morgan fingerprint density at radius 2 is 1.55 bits per heavy atom. The Morgan fingerprint density at radius 3 is 2.23 bits per heavy atom. The summed E-state index contributed by atoms with van der Waals surface area (Å²) in [6.45, 7) is 0.408. The van der Waals surface area contributed by atoms with Crippen molar-refractivity contribution in [1.82, 2.24) is 5.48 Å². The van der Waals surface area contributed by atoms with Gasteiger partial charge in [-0.05, 0) is 30.7 Å². The highest BCUT2D eigenvalue weighted by molar-refractivity contribution is 5.94. The van der Waals surface area contributed by atoms with Crippen LogP contribution in [0.1, 0.15) is 23.2 Å². The second-order valence-corrected chi connectivity index (χ2v) is 4.54. The Labute approximate surface area is 128 Å². The van der Waals surface area contributed by atoms with E-state index >= 15 is 0 Å². The molecule has 5 heteroatoms. The maximum absolute atomic E-state index is 11.7. The number of para-hydroxylation sites is 1. The van der Waals surface area contributed by atoms with Gasteiger partial charge in [-0.15, -0.1) is 0 Å². The topological polar surface area (TPSA) is 64.6 Å². The average Bonchev–Trinajstić information content (AvgIpc) is 2.58. The monoisotopic (exact) mass is 299 g/mol. The number of hydrogen-bond acceptors (Lipinski definition) is 4. The minimum absolute atomic E-state index is 0.169. The molecule has 22 heavy (non-hydrogen) atoms. The lowest BCUT2D eigenvalue weighted by atomic mass is 10.2. The highest BCUT2D eigenvalue weighted by Crippen LogP contribution is 2.08. The molecule has 114 valence electrons. The van der Waals surface area contributed by atoms with E-state index in [9.17, 15) is 9.59 Å². The van der Waals surface area contributed by atoms with Gasteiger partial charge in [-0.1, -0.05) is 36.4 Å². The molecule has 2 aromatic carbocycles. The third-order valence-corrected chi connectivity index (χ3v) is 2.83.